The highest BCUT2D eigenvalue weighted by Gasteiger charge is 2.34. The quantitative estimate of drug-likeness (QED) is 0.449. The lowest BCUT2D eigenvalue weighted by atomic mass is 10.1. The zero-order chi connectivity index (χ0) is 28.2. The van der Waals surface area contributed by atoms with Crippen LogP contribution in [0.2, 0.25) is 0 Å². The van der Waals surface area contributed by atoms with Crippen molar-refractivity contribution in [3.05, 3.63) is 59.2 Å². The molecule has 39 heavy (non-hydrogen) atoms. The van der Waals surface area contributed by atoms with E-state index in [9.17, 15) is 22.8 Å². The van der Waals surface area contributed by atoms with Gasteiger partial charge in [-0.25, -0.2) is 0 Å². The van der Waals surface area contributed by atoms with Gasteiger partial charge in [0, 0.05) is 31.7 Å². The van der Waals surface area contributed by atoms with Gasteiger partial charge in [-0.1, -0.05) is 24.3 Å². The predicted octanol–water partition coefficient (Wildman–Crippen LogP) is 4.78. The van der Waals surface area contributed by atoms with Crippen molar-refractivity contribution in [3.8, 4) is 5.75 Å². The number of alkyl halides is 3. The minimum absolute atomic E-state index is 0.0346. The molecule has 212 valence electrons. The van der Waals surface area contributed by atoms with Crippen molar-refractivity contribution in [2.45, 2.75) is 51.9 Å². The molecule has 2 aromatic rings. The third-order valence-electron chi connectivity index (χ3n) is 6.82. The van der Waals surface area contributed by atoms with E-state index in [4.69, 9.17) is 4.74 Å². The van der Waals surface area contributed by atoms with Crippen LogP contribution >= 0.6 is 0 Å². The topological polar surface area (TPSA) is 73.9 Å². The molecule has 0 aromatic heterocycles. The number of rotatable bonds is 10. The van der Waals surface area contributed by atoms with E-state index in [0.29, 0.717) is 42.6 Å². The third kappa shape index (κ3) is 7.88. The van der Waals surface area contributed by atoms with Crippen LogP contribution < -0.4 is 15.4 Å². The molecule has 7 nitrogen and oxygen atoms in total. The van der Waals surface area contributed by atoms with Gasteiger partial charge in [-0.05, 0) is 63.3 Å². The van der Waals surface area contributed by atoms with Crippen LogP contribution in [0.15, 0.2) is 42.5 Å². The molecule has 2 aliphatic rings. The summed E-state index contributed by atoms with van der Waals surface area (Å²) >= 11 is 0. The van der Waals surface area contributed by atoms with E-state index in [1.165, 1.54) is 17.0 Å². The zero-order valence-corrected chi connectivity index (χ0v) is 22.7. The molecule has 0 atom stereocenters. The van der Waals surface area contributed by atoms with Crippen molar-refractivity contribution in [2.24, 2.45) is 5.92 Å². The molecule has 0 radical (unpaired) electrons. The number of fused-ring (bicyclic) bond motifs is 1. The first-order valence-corrected chi connectivity index (χ1v) is 13.4. The molecule has 1 fully saturated rings. The molecule has 2 N–H and O–H groups in total. The Morgan fingerprint density at radius 1 is 1.10 bits per heavy atom. The van der Waals surface area contributed by atoms with E-state index >= 15 is 0 Å². The fraction of sp³-hybridized carbons (Fsp3) is 0.517. The van der Waals surface area contributed by atoms with Crippen molar-refractivity contribution < 1.29 is 27.5 Å². The highest BCUT2D eigenvalue weighted by atomic mass is 19.4. The normalized spacial score (nSPS) is 15.8. The number of nitrogens with one attached hydrogen (secondary N) is 2. The Hall–Kier alpha value is -3.27. The van der Waals surface area contributed by atoms with Crippen LogP contribution in [0.1, 0.15) is 55.1 Å². The molecule has 2 aromatic carbocycles. The summed E-state index contributed by atoms with van der Waals surface area (Å²) in [4.78, 5) is 29.8. The first-order chi connectivity index (χ1) is 18.4. The van der Waals surface area contributed by atoms with Gasteiger partial charge >= 0.3 is 6.18 Å². The molecule has 10 heteroatoms. The average Bonchev–Trinajstić information content (AvgIpc) is 3.70. The summed E-state index contributed by atoms with van der Waals surface area (Å²) in [5, 5.41) is 6.36. The van der Waals surface area contributed by atoms with Gasteiger partial charge < -0.3 is 25.2 Å². The first kappa shape index (κ1) is 28.7. The predicted molar refractivity (Wildman–Crippen MR) is 144 cm³/mol. The second-order valence-corrected chi connectivity index (χ2v) is 11.2. The third-order valence-corrected chi connectivity index (χ3v) is 6.82. The lowest BCUT2D eigenvalue weighted by molar-refractivity contribution is -0.139. The van der Waals surface area contributed by atoms with Gasteiger partial charge in [0.15, 0.2) is 5.75 Å². The van der Waals surface area contributed by atoms with Crippen LogP contribution in [0.4, 0.5) is 18.9 Å². The number of hydrogen-bond donors (Lipinski definition) is 2. The maximum atomic E-state index is 13.6. The van der Waals surface area contributed by atoms with Crippen molar-refractivity contribution >= 4 is 17.5 Å². The fourth-order valence-corrected chi connectivity index (χ4v) is 4.60. The van der Waals surface area contributed by atoms with E-state index < -0.39 is 11.7 Å². The molecule has 0 unspecified atom stereocenters. The number of anilines is 1. The van der Waals surface area contributed by atoms with E-state index in [0.717, 1.165) is 25.5 Å². The summed E-state index contributed by atoms with van der Waals surface area (Å²) in [6, 6.07) is 10.5. The number of carbonyl (C=O) groups is 2. The number of para-hydroxylation sites is 1. The largest absolute Gasteiger partial charge is 0.489 e. The molecular formula is C29H37F3N4O3. The van der Waals surface area contributed by atoms with Gasteiger partial charge in [-0.15, -0.1) is 0 Å². The van der Waals surface area contributed by atoms with Gasteiger partial charge in [0.2, 0.25) is 5.91 Å². The fourth-order valence-electron chi connectivity index (χ4n) is 4.60. The summed E-state index contributed by atoms with van der Waals surface area (Å²) in [6.07, 6.45) is -2.25. The van der Waals surface area contributed by atoms with Gasteiger partial charge in [0.05, 0.1) is 29.9 Å². The number of amides is 2. The van der Waals surface area contributed by atoms with Crippen molar-refractivity contribution in [1.82, 2.24) is 15.1 Å². The van der Waals surface area contributed by atoms with E-state index in [1.54, 1.807) is 24.3 Å². The Morgan fingerprint density at radius 2 is 1.85 bits per heavy atom. The van der Waals surface area contributed by atoms with Crippen LogP contribution in [0.5, 0.6) is 5.75 Å². The Bertz CT molecular complexity index is 1180. The second kappa shape index (κ2) is 11.9. The Labute approximate surface area is 227 Å². The van der Waals surface area contributed by atoms with Gasteiger partial charge in [0.1, 0.15) is 6.61 Å². The van der Waals surface area contributed by atoms with Crippen LogP contribution in [0, 0.1) is 5.92 Å². The maximum Gasteiger partial charge on any atom is 0.416 e. The Kier molecular flexibility index (Phi) is 8.73. The van der Waals surface area contributed by atoms with Gasteiger partial charge in [0.25, 0.3) is 5.91 Å². The average molecular weight is 547 g/mol. The molecular weight excluding hydrogens is 509 g/mol. The molecule has 1 heterocycles. The molecule has 0 spiro atoms. The highest BCUT2D eigenvalue weighted by Crippen LogP contribution is 2.35. The number of halogens is 3. The summed E-state index contributed by atoms with van der Waals surface area (Å²) in [5.74, 6) is 0.492. The molecule has 0 bridgehead atoms. The van der Waals surface area contributed by atoms with Crippen molar-refractivity contribution in [3.63, 3.8) is 0 Å². The number of hydrogen-bond acceptors (Lipinski definition) is 5. The van der Waals surface area contributed by atoms with E-state index in [-0.39, 0.29) is 42.6 Å². The smallest absolute Gasteiger partial charge is 0.416 e. The standard InChI is InChI=1S/C29H37F3N4O3/c1-28(2,3)34-13-14-35(19-21-7-4-5-9-23(21)29(30,31)32)25(37)17-33-24-10-6-8-22-26(24)39-16-15-36(27(22)38)18-20-11-12-20/h4-10,20,33-34H,11-19H2,1-3H3. The van der Waals surface area contributed by atoms with Crippen LogP contribution in [0.25, 0.3) is 0 Å². The van der Waals surface area contributed by atoms with Crippen LogP contribution in [-0.2, 0) is 17.5 Å². The molecule has 0 saturated heterocycles. The minimum Gasteiger partial charge on any atom is -0.489 e. The molecule has 4 rings (SSSR count). The van der Waals surface area contributed by atoms with Crippen LogP contribution in [-0.4, -0.2) is 66.5 Å². The highest BCUT2D eigenvalue weighted by molar-refractivity contribution is 5.99. The first-order valence-electron chi connectivity index (χ1n) is 13.4. The monoisotopic (exact) mass is 546 g/mol. The van der Waals surface area contributed by atoms with Crippen LogP contribution in [0.3, 0.4) is 0 Å². The molecule has 1 aliphatic carbocycles. The number of carbonyl (C=O) groups excluding carboxylic acids is 2. The SMILES string of the molecule is CC(C)(C)NCCN(Cc1ccccc1C(F)(F)F)C(=O)CNc1cccc2c1OCCN(CC1CC1)C2=O. The molecule has 1 saturated carbocycles. The summed E-state index contributed by atoms with van der Waals surface area (Å²) < 4.78 is 46.8. The summed E-state index contributed by atoms with van der Waals surface area (Å²) in [5.41, 5.74) is 0.0141. The van der Waals surface area contributed by atoms with E-state index in [2.05, 4.69) is 10.6 Å². The summed E-state index contributed by atoms with van der Waals surface area (Å²) in [6.45, 7) is 7.79. The molecule has 1 aliphatic heterocycles. The number of benzene rings is 2. The Balaban J connectivity index is 1.49. The molecule has 2 amide bonds. The lowest BCUT2D eigenvalue weighted by Gasteiger charge is -2.28. The van der Waals surface area contributed by atoms with E-state index in [1.807, 2.05) is 25.7 Å². The maximum absolute atomic E-state index is 13.6. The zero-order valence-electron chi connectivity index (χ0n) is 22.7. The number of ether oxygens (including phenoxy) is 1. The lowest BCUT2D eigenvalue weighted by Crippen LogP contribution is -2.44. The van der Waals surface area contributed by atoms with Gasteiger partial charge in [-0.3, -0.25) is 9.59 Å². The van der Waals surface area contributed by atoms with Gasteiger partial charge in [-0.2, -0.15) is 13.2 Å². The Morgan fingerprint density at radius 3 is 2.54 bits per heavy atom. The summed E-state index contributed by atoms with van der Waals surface area (Å²) in [7, 11) is 0. The number of nitrogens with zero attached hydrogens (tertiary/aromatic N) is 2. The second-order valence-electron chi connectivity index (χ2n) is 11.2. The minimum atomic E-state index is -4.52. The van der Waals surface area contributed by atoms with Crippen molar-refractivity contribution in [2.75, 3.05) is 44.6 Å². The van der Waals surface area contributed by atoms with Crippen molar-refractivity contribution in [1.29, 1.82) is 0 Å².